The zero-order valence-electron chi connectivity index (χ0n) is 11.1. The molecular formula is C11H25N3O3. The van der Waals surface area contributed by atoms with Crippen molar-refractivity contribution < 1.29 is 14.4 Å². The standard InChI is InChI=1S/C11H25N3O3/c1-4-10(5-2)14(8-9-16-3)7-6-11(15)17-13-12/h10,13H,4-9,12H2,1-3H3. The minimum absolute atomic E-state index is 0.324. The number of nitrogens with zero attached hydrogens (tertiary/aromatic N) is 1. The Morgan fingerprint density at radius 3 is 2.47 bits per heavy atom. The van der Waals surface area contributed by atoms with E-state index in [4.69, 9.17) is 10.6 Å². The van der Waals surface area contributed by atoms with Crippen LogP contribution in [-0.4, -0.2) is 43.7 Å². The Bertz CT molecular complexity index is 198. The first-order valence-corrected chi connectivity index (χ1v) is 6.07. The molecule has 3 N–H and O–H groups in total. The van der Waals surface area contributed by atoms with Gasteiger partial charge in [0.2, 0.25) is 0 Å². The maximum atomic E-state index is 11.2. The van der Waals surface area contributed by atoms with Crippen LogP contribution < -0.4 is 11.4 Å². The molecular weight excluding hydrogens is 222 g/mol. The molecule has 0 fully saturated rings. The van der Waals surface area contributed by atoms with E-state index in [1.54, 1.807) is 7.11 Å². The van der Waals surface area contributed by atoms with Crippen LogP contribution in [0.3, 0.4) is 0 Å². The summed E-state index contributed by atoms with van der Waals surface area (Å²) in [6.07, 6.45) is 2.44. The average molecular weight is 247 g/mol. The van der Waals surface area contributed by atoms with Gasteiger partial charge in [0.25, 0.3) is 0 Å². The van der Waals surface area contributed by atoms with Crippen LogP contribution in [0.15, 0.2) is 0 Å². The summed E-state index contributed by atoms with van der Waals surface area (Å²) in [4.78, 5) is 17.9. The molecule has 0 aliphatic heterocycles. The summed E-state index contributed by atoms with van der Waals surface area (Å²) in [6, 6.07) is 0.476. The molecule has 0 unspecified atom stereocenters. The fraction of sp³-hybridized carbons (Fsp3) is 0.909. The number of hydrogen-bond acceptors (Lipinski definition) is 6. The van der Waals surface area contributed by atoms with Crippen molar-refractivity contribution in [1.82, 2.24) is 10.5 Å². The van der Waals surface area contributed by atoms with E-state index < -0.39 is 0 Å². The van der Waals surface area contributed by atoms with E-state index in [1.807, 2.05) is 5.59 Å². The molecule has 0 aromatic rings. The summed E-state index contributed by atoms with van der Waals surface area (Å²) >= 11 is 0. The van der Waals surface area contributed by atoms with Crippen molar-refractivity contribution in [3.05, 3.63) is 0 Å². The lowest BCUT2D eigenvalue weighted by atomic mass is 10.1. The Balaban J connectivity index is 4.12. The highest BCUT2D eigenvalue weighted by Crippen LogP contribution is 2.09. The van der Waals surface area contributed by atoms with Gasteiger partial charge in [-0.05, 0) is 12.8 Å². The number of rotatable bonds is 10. The van der Waals surface area contributed by atoms with Gasteiger partial charge in [0, 0.05) is 26.2 Å². The summed E-state index contributed by atoms with van der Waals surface area (Å²) < 4.78 is 5.08. The third kappa shape index (κ3) is 7.27. The number of carbonyl (C=O) groups excluding carboxylic acids is 1. The first-order valence-electron chi connectivity index (χ1n) is 6.07. The first-order chi connectivity index (χ1) is 8.19. The maximum Gasteiger partial charge on any atom is 0.327 e. The number of ether oxygens (including phenoxy) is 1. The molecule has 6 nitrogen and oxygen atoms in total. The molecule has 0 heterocycles. The van der Waals surface area contributed by atoms with Crippen LogP contribution in [0.5, 0.6) is 0 Å². The molecule has 102 valence electrons. The quantitative estimate of drug-likeness (QED) is 0.431. The lowest BCUT2D eigenvalue weighted by Gasteiger charge is -2.29. The highest BCUT2D eigenvalue weighted by Gasteiger charge is 2.16. The Labute approximate surface area is 103 Å². The van der Waals surface area contributed by atoms with Crippen LogP contribution in [0.2, 0.25) is 0 Å². The van der Waals surface area contributed by atoms with E-state index in [0.29, 0.717) is 25.6 Å². The number of hydrogen-bond donors (Lipinski definition) is 2. The number of carbonyl (C=O) groups is 1. The average Bonchev–Trinajstić information content (AvgIpc) is 2.33. The molecule has 0 aromatic heterocycles. The van der Waals surface area contributed by atoms with E-state index in [0.717, 1.165) is 19.4 Å². The van der Waals surface area contributed by atoms with Crippen LogP contribution in [0, 0.1) is 0 Å². The van der Waals surface area contributed by atoms with Crippen molar-refractivity contribution in [3.63, 3.8) is 0 Å². The number of nitrogens with two attached hydrogens (primary N) is 1. The Kier molecular flexibility index (Phi) is 10.0. The summed E-state index contributed by atoms with van der Waals surface area (Å²) in [6.45, 7) is 6.45. The van der Waals surface area contributed by atoms with Crippen molar-refractivity contribution >= 4 is 5.97 Å². The first kappa shape index (κ1) is 16.3. The van der Waals surface area contributed by atoms with Crippen molar-refractivity contribution in [1.29, 1.82) is 0 Å². The molecule has 0 radical (unpaired) electrons. The van der Waals surface area contributed by atoms with E-state index in [9.17, 15) is 4.79 Å². The summed E-state index contributed by atoms with van der Waals surface area (Å²) in [7, 11) is 1.68. The van der Waals surface area contributed by atoms with E-state index in [1.165, 1.54) is 0 Å². The Morgan fingerprint density at radius 1 is 1.35 bits per heavy atom. The summed E-state index contributed by atoms with van der Waals surface area (Å²) in [5, 5.41) is 0. The van der Waals surface area contributed by atoms with Crippen molar-refractivity contribution in [2.45, 2.75) is 39.2 Å². The predicted octanol–water partition coefficient (Wildman–Crippen LogP) is 0.435. The zero-order chi connectivity index (χ0) is 13.1. The van der Waals surface area contributed by atoms with Crippen LogP contribution in [0.4, 0.5) is 0 Å². The van der Waals surface area contributed by atoms with Gasteiger partial charge in [-0.2, -0.15) is 0 Å². The monoisotopic (exact) mass is 247 g/mol. The molecule has 17 heavy (non-hydrogen) atoms. The molecule has 0 aliphatic rings. The number of hydrazine groups is 1. The predicted molar refractivity (Wildman–Crippen MR) is 65.9 cm³/mol. The highest BCUT2D eigenvalue weighted by atomic mass is 16.7. The fourth-order valence-electron chi connectivity index (χ4n) is 1.84. The van der Waals surface area contributed by atoms with Gasteiger partial charge in [-0.25, -0.2) is 5.84 Å². The van der Waals surface area contributed by atoms with Crippen molar-refractivity contribution in [2.24, 2.45) is 5.84 Å². The second kappa shape index (κ2) is 10.5. The number of nitrogens with one attached hydrogen (secondary N) is 1. The highest BCUT2D eigenvalue weighted by molar-refractivity contribution is 5.69. The molecule has 0 bridgehead atoms. The molecule has 0 saturated carbocycles. The van der Waals surface area contributed by atoms with Gasteiger partial charge in [-0.15, -0.1) is 0 Å². The number of methoxy groups -OCH3 is 1. The van der Waals surface area contributed by atoms with Gasteiger partial charge in [-0.1, -0.05) is 19.4 Å². The third-order valence-corrected chi connectivity index (χ3v) is 2.82. The smallest absolute Gasteiger partial charge is 0.327 e. The molecule has 0 aliphatic carbocycles. The minimum Gasteiger partial charge on any atom is -0.383 e. The Morgan fingerprint density at radius 2 is 2.00 bits per heavy atom. The van der Waals surface area contributed by atoms with E-state index in [-0.39, 0.29) is 5.97 Å². The molecule has 0 rings (SSSR count). The van der Waals surface area contributed by atoms with Gasteiger partial charge in [-0.3, -0.25) is 9.69 Å². The summed E-state index contributed by atoms with van der Waals surface area (Å²) in [5.41, 5.74) is 1.90. The summed E-state index contributed by atoms with van der Waals surface area (Å²) in [5.74, 6) is 4.56. The molecule has 0 amide bonds. The SMILES string of the molecule is CCC(CC)N(CCOC)CCC(=O)ONN. The van der Waals surface area contributed by atoms with Crippen LogP contribution in [0.25, 0.3) is 0 Å². The van der Waals surface area contributed by atoms with Crippen LogP contribution >= 0.6 is 0 Å². The van der Waals surface area contributed by atoms with Gasteiger partial charge in [0.1, 0.15) is 0 Å². The molecule has 0 saturated heterocycles. The van der Waals surface area contributed by atoms with Gasteiger partial charge >= 0.3 is 5.97 Å². The minimum atomic E-state index is -0.346. The van der Waals surface area contributed by atoms with Crippen molar-refractivity contribution in [3.8, 4) is 0 Å². The molecule has 6 heteroatoms. The van der Waals surface area contributed by atoms with Gasteiger partial charge < -0.3 is 9.57 Å². The third-order valence-electron chi connectivity index (χ3n) is 2.82. The topological polar surface area (TPSA) is 76.8 Å². The molecule has 0 atom stereocenters. The maximum absolute atomic E-state index is 11.2. The lowest BCUT2D eigenvalue weighted by Crippen LogP contribution is -2.39. The normalized spacial score (nSPS) is 11.2. The Hall–Kier alpha value is -0.690. The fourth-order valence-corrected chi connectivity index (χ4v) is 1.84. The second-order valence-corrected chi connectivity index (χ2v) is 3.84. The van der Waals surface area contributed by atoms with Gasteiger partial charge in [0.15, 0.2) is 0 Å². The van der Waals surface area contributed by atoms with Gasteiger partial charge in [0.05, 0.1) is 13.0 Å². The molecule has 0 aromatic carbocycles. The second-order valence-electron chi connectivity index (χ2n) is 3.84. The largest absolute Gasteiger partial charge is 0.383 e. The lowest BCUT2D eigenvalue weighted by molar-refractivity contribution is -0.151. The van der Waals surface area contributed by atoms with Crippen molar-refractivity contribution in [2.75, 3.05) is 26.8 Å². The van der Waals surface area contributed by atoms with E-state index in [2.05, 4.69) is 23.6 Å². The van der Waals surface area contributed by atoms with Crippen LogP contribution in [-0.2, 0) is 14.4 Å². The van der Waals surface area contributed by atoms with Crippen LogP contribution in [0.1, 0.15) is 33.1 Å². The molecule has 0 spiro atoms. The van der Waals surface area contributed by atoms with E-state index >= 15 is 0 Å². The zero-order valence-corrected chi connectivity index (χ0v) is 11.1.